The Hall–Kier alpha value is -1.36. The van der Waals surface area contributed by atoms with E-state index in [2.05, 4.69) is 5.32 Å². The highest BCUT2D eigenvalue weighted by molar-refractivity contribution is 7.55. The summed E-state index contributed by atoms with van der Waals surface area (Å²) in [5.41, 5.74) is 2.31. The van der Waals surface area contributed by atoms with Gasteiger partial charge in [0.25, 0.3) is 13.4 Å². The molecule has 0 saturated carbocycles. The van der Waals surface area contributed by atoms with Crippen LogP contribution in [-0.2, 0) is 9.09 Å². The van der Waals surface area contributed by atoms with Gasteiger partial charge in [0, 0.05) is 48.5 Å². The Balaban J connectivity index is 0.00000155. The van der Waals surface area contributed by atoms with Crippen molar-refractivity contribution in [3.05, 3.63) is 58.1 Å². The van der Waals surface area contributed by atoms with Crippen LogP contribution in [0.4, 0.5) is 0 Å². The van der Waals surface area contributed by atoms with E-state index in [1.54, 1.807) is 18.8 Å². The van der Waals surface area contributed by atoms with Crippen molar-refractivity contribution in [2.24, 2.45) is 0 Å². The van der Waals surface area contributed by atoms with Crippen LogP contribution in [0.15, 0.2) is 42.5 Å². The van der Waals surface area contributed by atoms with E-state index in [1.807, 2.05) is 48.8 Å². The smallest absolute Gasteiger partial charge is 0.269 e. The minimum Gasteiger partial charge on any atom is -0.349 e. The summed E-state index contributed by atoms with van der Waals surface area (Å²) in [7, 11) is -1.25. The number of nitrogens with one attached hydrogen (secondary N) is 1. The number of rotatable bonds is 5. The second kappa shape index (κ2) is 11.3. The van der Waals surface area contributed by atoms with Crippen molar-refractivity contribution in [3.8, 4) is 11.1 Å². The quantitative estimate of drug-likeness (QED) is 0.517. The van der Waals surface area contributed by atoms with Crippen LogP contribution in [-0.4, -0.2) is 43.5 Å². The van der Waals surface area contributed by atoms with E-state index in [-0.39, 0.29) is 11.9 Å². The normalized spacial score (nSPS) is 16.9. The molecular weight excluding hydrogens is 442 g/mol. The summed E-state index contributed by atoms with van der Waals surface area (Å²) >= 11 is 12.2. The first kappa shape index (κ1) is 24.9. The molecule has 8 heteroatoms. The van der Waals surface area contributed by atoms with Gasteiger partial charge in [0.1, 0.15) is 0 Å². The molecule has 2 aromatic rings. The highest BCUT2D eigenvalue weighted by Crippen LogP contribution is 2.47. The molecule has 0 radical (unpaired) electrons. The van der Waals surface area contributed by atoms with Crippen molar-refractivity contribution in [2.75, 3.05) is 26.9 Å². The molecule has 1 saturated heterocycles. The SMILES string of the molecule is CC.COP(C)(=O)N1CCC(NC(=O)c2cccc(-c3cc(Cl)cc(Cl)c3)c2)CC1. The maximum Gasteiger partial charge on any atom is 0.269 e. The molecule has 1 aliphatic heterocycles. The lowest BCUT2D eigenvalue weighted by molar-refractivity contribution is 0.0922. The zero-order valence-electron chi connectivity index (χ0n) is 17.8. The van der Waals surface area contributed by atoms with Gasteiger partial charge in [0.05, 0.1) is 0 Å². The van der Waals surface area contributed by atoms with Crippen LogP contribution in [0.3, 0.4) is 0 Å². The van der Waals surface area contributed by atoms with Gasteiger partial charge >= 0.3 is 0 Å². The van der Waals surface area contributed by atoms with Crippen LogP contribution in [0.2, 0.25) is 10.0 Å². The first-order chi connectivity index (χ1) is 14.3. The fraction of sp³-hybridized carbons (Fsp3) is 0.409. The molecule has 1 atom stereocenters. The molecule has 1 heterocycles. The van der Waals surface area contributed by atoms with Crippen LogP contribution in [0.5, 0.6) is 0 Å². The second-order valence-electron chi connectivity index (χ2n) is 6.93. The van der Waals surface area contributed by atoms with Crippen molar-refractivity contribution in [1.82, 2.24) is 9.99 Å². The van der Waals surface area contributed by atoms with Gasteiger partial charge in [-0.15, -0.1) is 0 Å². The van der Waals surface area contributed by atoms with Crippen molar-refractivity contribution < 1.29 is 13.9 Å². The van der Waals surface area contributed by atoms with Gasteiger partial charge in [-0.1, -0.05) is 49.2 Å². The number of hydrogen-bond donors (Lipinski definition) is 1. The molecule has 1 N–H and O–H groups in total. The fourth-order valence-electron chi connectivity index (χ4n) is 3.32. The van der Waals surface area contributed by atoms with E-state index >= 15 is 0 Å². The molecule has 1 unspecified atom stereocenters. The first-order valence-electron chi connectivity index (χ1n) is 10.0. The molecule has 3 rings (SSSR count). The Labute approximate surface area is 189 Å². The summed E-state index contributed by atoms with van der Waals surface area (Å²) in [5, 5.41) is 4.18. The Morgan fingerprint density at radius 1 is 1.07 bits per heavy atom. The summed E-state index contributed by atoms with van der Waals surface area (Å²) in [6, 6.07) is 12.7. The third-order valence-electron chi connectivity index (χ3n) is 4.98. The summed E-state index contributed by atoms with van der Waals surface area (Å²) in [4.78, 5) is 12.7. The molecule has 0 spiro atoms. The molecular formula is C22H29Cl2N2O3P. The Bertz CT molecular complexity index is 895. The predicted molar refractivity (Wildman–Crippen MR) is 126 cm³/mol. The van der Waals surface area contributed by atoms with Crippen molar-refractivity contribution in [1.29, 1.82) is 0 Å². The Kier molecular flexibility index (Phi) is 9.39. The Morgan fingerprint density at radius 3 is 2.23 bits per heavy atom. The minimum absolute atomic E-state index is 0.0462. The lowest BCUT2D eigenvalue weighted by atomic mass is 10.0. The van der Waals surface area contributed by atoms with Gasteiger partial charge in [-0.25, -0.2) is 4.67 Å². The van der Waals surface area contributed by atoms with Crippen LogP contribution >= 0.6 is 30.7 Å². The van der Waals surface area contributed by atoms with Gasteiger partial charge in [0.2, 0.25) is 0 Å². The number of hydrogen-bond acceptors (Lipinski definition) is 3. The van der Waals surface area contributed by atoms with E-state index in [1.165, 1.54) is 7.11 Å². The summed E-state index contributed by atoms with van der Waals surface area (Å²) in [6.07, 6.45) is 1.47. The van der Waals surface area contributed by atoms with E-state index in [9.17, 15) is 9.36 Å². The topological polar surface area (TPSA) is 58.6 Å². The number of benzene rings is 2. The molecule has 1 amide bonds. The van der Waals surface area contributed by atoms with E-state index < -0.39 is 7.52 Å². The Morgan fingerprint density at radius 2 is 1.67 bits per heavy atom. The van der Waals surface area contributed by atoms with Crippen LogP contribution in [0, 0.1) is 0 Å². The average molecular weight is 471 g/mol. The van der Waals surface area contributed by atoms with Crippen LogP contribution < -0.4 is 5.32 Å². The largest absolute Gasteiger partial charge is 0.349 e. The average Bonchev–Trinajstić information content (AvgIpc) is 2.75. The third kappa shape index (κ3) is 6.57. The van der Waals surface area contributed by atoms with Crippen molar-refractivity contribution >= 4 is 36.6 Å². The monoisotopic (exact) mass is 470 g/mol. The van der Waals surface area contributed by atoms with Crippen molar-refractivity contribution in [2.45, 2.75) is 32.7 Å². The van der Waals surface area contributed by atoms with E-state index in [0.717, 1.165) is 24.0 Å². The maximum absolute atomic E-state index is 12.7. The van der Waals surface area contributed by atoms with Crippen molar-refractivity contribution in [3.63, 3.8) is 0 Å². The highest BCUT2D eigenvalue weighted by atomic mass is 35.5. The summed E-state index contributed by atoms with van der Waals surface area (Å²) in [6.45, 7) is 6.89. The first-order valence-corrected chi connectivity index (χ1v) is 12.8. The van der Waals surface area contributed by atoms with Crippen LogP contribution in [0.1, 0.15) is 37.0 Å². The molecule has 0 aliphatic carbocycles. The van der Waals surface area contributed by atoms with Crippen LogP contribution in [0.25, 0.3) is 11.1 Å². The summed E-state index contributed by atoms with van der Waals surface area (Å²) < 4.78 is 19.3. The maximum atomic E-state index is 12.7. The molecule has 164 valence electrons. The lowest BCUT2D eigenvalue weighted by Gasteiger charge is -2.34. The third-order valence-corrected chi connectivity index (χ3v) is 7.52. The second-order valence-corrected chi connectivity index (χ2v) is 10.3. The molecule has 0 bridgehead atoms. The molecule has 2 aromatic carbocycles. The number of carbonyl (C=O) groups excluding carboxylic acids is 1. The van der Waals surface area contributed by atoms with Gasteiger partial charge in [-0.2, -0.15) is 0 Å². The molecule has 5 nitrogen and oxygen atoms in total. The zero-order chi connectivity index (χ0) is 22.3. The number of nitrogens with zero attached hydrogens (tertiary/aromatic N) is 1. The minimum atomic E-state index is -2.72. The fourth-order valence-corrected chi connectivity index (χ4v) is 5.03. The van der Waals surface area contributed by atoms with Gasteiger partial charge in [-0.3, -0.25) is 9.36 Å². The summed E-state index contributed by atoms with van der Waals surface area (Å²) in [5.74, 6) is -0.125. The molecule has 1 fully saturated rings. The number of carbonyl (C=O) groups is 1. The molecule has 0 aromatic heterocycles. The van der Waals surface area contributed by atoms with Gasteiger partial charge in [-0.05, 0) is 54.3 Å². The zero-order valence-corrected chi connectivity index (χ0v) is 20.2. The highest BCUT2D eigenvalue weighted by Gasteiger charge is 2.30. The number of amides is 1. The molecule has 30 heavy (non-hydrogen) atoms. The lowest BCUT2D eigenvalue weighted by Crippen LogP contribution is -2.43. The molecule has 1 aliphatic rings. The predicted octanol–water partition coefficient (Wildman–Crippen LogP) is 6.35. The number of halogens is 2. The van der Waals surface area contributed by atoms with Gasteiger partial charge < -0.3 is 9.84 Å². The number of piperidine rings is 1. The standard InChI is InChI=1S/C20H23Cl2N2O3P.C2H6/c1-27-28(2,26)24-8-6-19(7-9-24)23-20(25)15-5-3-4-14(10-15)16-11-17(21)13-18(22)12-16;1-2/h3-5,10-13,19H,6-9H2,1-2H3,(H,23,25);1-2H3. The van der Waals surface area contributed by atoms with Gasteiger partial charge in [0.15, 0.2) is 0 Å². The van der Waals surface area contributed by atoms with E-state index in [4.69, 9.17) is 27.7 Å². The van der Waals surface area contributed by atoms with E-state index in [0.29, 0.717) is 28.7 Å².